The molecule has 0 aliphatic heterocycles. The van der Waals surface area contributed by atoms with Crippen molar-refractivity contribution in [2.75, 3.05) is 5.75 Å². The Bertz CT molecular complexity index is 332. The van der Waals surface area contributed by atoms with Gasteiger partial charge in [0.05, 0.1) is 0 Å². The van der Waals surface area contributed by atoms with Crippen LogP contribution in [-0.2, 0) is 9.53 Å². The molecule has 0 N–H and O–H groups in total. The molecule has 1 amide bonds. The first-order valence-electron chi connectivity index (χ1n) is 6.09. The molecule has 0 saturated heterocycles. The smallest absolute Gasteiger partial charge is 0.434 e. The summed E-state index contributed by atoms with van der Waals surface area (Å²) >= 11 is 1.17. The highest BCUT2D eigenvalue weighted by Crippen LogP contribution is 2.14. The van der Waals surface area contributed by atoms with Crippen LogP contribution in [0.3, 0.4) is 0 Å². The number of carbonyl (C=O) groups is 2. The van der Waals surface area contributed by atoms with Crippen LogP contribution < -0.4 is 0 Å². The third kappa shape index (κ3) is 8.28. The summed E-state index contributed by atoms with van der Waals surface area (Å²) in [6, 6.07) is 0. The second kappa shape index (κ2) is 7.56. The maximum atomic E-state index is 11.6. The van der Waals surface area contributed by atoms with Crippen molar-refractivity contribution in [2.45, 2.75) is 53.6 Å². The Balaban J connectivity index is 4.73. The van der Waals surface area contributed by atoms with Crippen molar-refractivity contribution < 1.29 is 14.3 Å². The van der Waals surface area contributed by atoms with E-state index < -0.39 is 11.7 Å². The summed E-state index contributed by atoms with van der Waals surface area (Å²) in [4.78, 5) is 26.6. The van der Waals surface area contributed by atoms with E-state index >= 15 is 0 Å². The zero-order valence-corrected chi connectivity index (χ0v) is 12.9. The predicted molar refractivity (Wildman–Crippen MR) is 76.3 cm³/mol. The third-order valence-corrected chi connectivity index (χ3v) is 3.08. The van der Waals surface area contributed by atoms with Crippen LogP contribution in [0.4, 0.5) is 4.79 Å². The number of rotatable bonds is 4. The van der Waals surface area contributed by atoms with E-state index in [1.54, 1.807) is 20.8 Å². The molecule has 0 radical (unpaired) electrons. The van der Waals surface area contributed by atoms with Gasteiger partial charge in [-0.2, -0.15) is 4.99 Å². The fourth-order valence-electron chi connectivity index (χ4n) is 1.10. The van der Waals surface area contributed by atoms with Crippen molar-refractivity contribution in [1.29, 1.82) is 0 Å². The van der Waals surface area contributed by atoms with Crippen LogP contribution in [0.2, 0.25) is 0 Å². The van der Waals surface area contributed by atoms with Crippen LogP contribution in [0, 0.1) is 5.92 Å². The first-order valence-corrected chi connectivity index (χ1v) is 7.08. The van der Waals surface area contributed by atoms with Gasteiger partial charge in [0.1, 0.15) is 5.60 Å². The lowest BCUT2D eigenvalue weighted by Crippen LogP contribution is -2.24. The molecule has 104 valence electrons. The van der Waals surface area contributed by atoms with Gasteiger partial charge in [0.2, 0.25) is 0 Å². The van der Waals surface area contributed by atoms with Gasteiger partial charge in [0, 0.05) is 18.4 Å². The predicted octanol–water partition coefficient (Wildman–Crippen LogP) is 3.69. The summed E-state index contributed by atoms with van der Waals surface area (Å²) in [6.45, 7) is 10.9. The van der Waals surface area contributed by atoms with Crippen LogP contribution >= 0.6 is 11.8 Å². The number of ether oxygens (including phenoxy) is 1. The highest BCUT2D eigenvalue weighted by Gasteiger charge is 2.18. The van der Waals surface area contributed by atoms with Gasteiger partial charge >= 0.3 is 6.09 Å². The van der Waals surface area contributed by atoms with Crippen LogP contribution in [0.1, 0.15) is 48.0 Å². The van der Waals surface area contributed by atoms with Gasteiger partial charge < -0.3 is 4.74 Å². The topological polar surface area (TPSA) is 55.7 Å². The Kier molecular flexibility index (Phi) is 7.21. The Labute approximate surface area is 114 Å². The van der Waals surface area contributed by atoms with Crippen LogP contribution in [0.5, 0.6) is 0 Å². The molecule has 5 heteroatoms. The van der Waals surface area contributed by atoms with E-state index in [1.165, 1.54) is 18.7 Å². The average Bonchev–Trinajstić information content (AvgIpc) is 2.20. The molecular formula is C13H23NO3S. The van der Waals surface area contributed by atoms with Gasteiger partial charge in [-0.25, -0.2) is 4.79 Å². The molecule has 0 spiro atoms. The maximum absolute atomic E-state index is 11.6. The number of amides is 1. The number of nitrogens with zero attached hydrogens (tertiary/aromatic N) is 1. The molecular weight excluding hydrogens is 250 g/mol. The molecule has 0 bridgehead atoms. The normalized spacial score (nSPS) is 14.2. The number of aliphatic imine (C=N–C) groups is 1. The molecule has 0 heterocycles. The second-order valence-corrected chi connectivity index (χ2v) is 6.33. The van der Waals surface area contributed by atoms with E-state index in [-0.39, 0.29) is 11.0 Å². The zero-order valence-electron chi connectivity index (χ0n) is 12.1. The number of thioether (sulfide) groups is 1. The van der Waals surface area contributed by atoms with Crippen LogP contribution in [0.25, 0.3) is 0 Å². The molecule has 0 rings (SSSR count). The summed E-state index contributed by atoms with van der Waals surface area (Å²) in [6.07, 6.45) is 0.294. The Morgan fingerprint density at radius 3 is 2.28 bits per heavy atom. The molecule has 0 aromatic heterocycles. The molecule has 0 aromatic rings. The monoisotopic (exact) mass is 273 g/mol. The summed E-state index contributed by atoms with van der Waals surface area (Å²) in [5.74, 6) is 0.619. The lowest BCUT2D eigenvalue weighted by Gasteiger charge is -2.18. The van der Waals surface area contributed by atoms with Gasteiger partial charge in [-0.05, 0) is 33.1 Å². The minimum Gasteiger partial charge on any atom is -0.442 e. The van der Waals surface area contributed by atoms with Gasteiger partial charge in [0.25, 0.3) is 0 Å². The summed E-state index contributed by atoms with van der Waals surface area (Å²) in [5.41, 5.74) is 0.168. The van der Waals surface area contributed by atoms with Gasteiger partial charge in [-0.1, -0.05) is 25.6 Å². The van der Waals surface area contributed by atoms with E-state index in [0.29, 0.717) is 11.5 Å². The standard InChI is InChI=1S/C13H23NO3S/c1-7-9(2)11(8-18-10(3)15)14-12(16)17-13(4,5)6/h9H,7-8H2,1-6H3. The number of hydrogen-bond donors (Lipinski definition) is 0. The quantitative estimate of drug-likeness (QED) is 0.733. The lowest BCUT2D eigenvalue weighted by molar-refractivity contribution is -0.109. The summed E-state index contributed by atoms with van der Waals surface area (Å²) in [5, 5.41) is 0.0233. The third-order valence-electron chi connectivity index (χ3n) is 2.23. The van der Waals surface area contributed by atoms with Crippen molar-refractivity contribution in [3.05, 3.63) is 0 Å². The van der Waals surface area contributed by atoms with Crippen LogP contribution in [-0.4, -0.2) is 28.3 Å². The molecule has 1 atom stereocenters. The first kappa shape index (κ1) is 17.2. The maximum Gasteiger partial charge on any atom is 0.434 e. The van der Waals surface area contributed by atoms with Gasteiger partial charge in [-0.3, -0.25) is 4.79 Å². The van der Waals surface area contributed by atoms with Gasteiger partial charge in [0.15, 0.2) is 5.12 Å². The summed E-state index contributed by atoms with van der Waals surface area (Å²) in [7, 11) is 0. The van der Waals surface area contributed by atoms with Crippen molar-refractivity contribution in [3.63, 3.8) is 0 Å². The summed E-state index contributed by atoms with van der Waals surface area (Å²) < 4.78 is 5.15. The molecule has 4 nitrogen and oxygen atoms in total. The van der Waals surface area contributed by atoms with Gasteiger partial charge in [-0.15, -0.1) is 0 Å². The van der Waals surface area contributed by atoms with Crippen LogP contribution in [0.15, 0.2) is 4.99 Å². The Morgan fingerprint density at radius 1 is 1.33 bits per heavy atom. The first-order chi connectivity index (χ1) is 8.15. The molecule has 0 aliphatic carbocycles. The minimum absolute atomic E-state index is 0.0233. The number of hydrogen-bond acceptors (Lipinski definition) is 4. The molecule has 0 fully saturated rings. The van der Waals surface area contributed by atoms with E-state index in [2.05, 4.69) is 4.99 Å². The highest BCUT2D eigenvalue weighted by molar-refractivity contribution is 8.14. The number of carbonyl (C=O) groups excluding carboxylic acids is 2. The Morgan fingerprint density at radius 2 is 1.89 bits per heavy atom. The van der Waals surface area contributed by atoms with Crippen molar-refractivity contribution in [1.82, 2.24) is 0 Å². The minimum atomic E-state index is -0.582. The molecule has 18 heavy (non-hydrogen) atoms. The molecule has 0 aromatic carbocycles. The zero-order chi connectivity index (χ0) is 14.3. The molecule has 0 saturated carbocycles. The fourth-order valence-corrected chi connectivity index (χ4v) is 1.80. The van der Waals surface area contributed by atoms with E-state index in [0.717, 1.165) is 6.42 Å². The van der Waals surface area contributed by atoms with Crippen molar-refractivity contribution >= 4 is 28.7 Å². The van der Waals surface area contributed by atoms with E-state index in [9.17, 15) is 9.59 Å². The average molecular weight is 273 g/mol. The fraction of sp³-hybridized carbons (Fsp3) is 0.769. The molecule has 1 unspecified atom stereocenters. The van der Waals surface area contributed by atoms with E-state index in [4.69, 9.17) is 4.74 Å². The highest BCUT2D eigenvalue weighted by atomic mass is 32.2. The van der Waals surface area contributed by atoms with Crippen molar-refractivity contribution in [3.8, 4) is 0 Å². The Hall–Kier alpha value is -0.840. The van der Waals surface area contributed by atoms with E-state index in [1.807, 2.05) is 13.8 Å². The molecule has 0 aliphatic rings. The lowest BCUT2D eigenvalue weighted by atomic mass is 10.0. The second-order valence-electron chi connectivity index (χ2n) is 5.17. The largest absolute Gasteiger partial charge is 0.442 e. The van der Waals surface area contributed by atoms with Crippen molar-refractivity contribution in [2.24, 2.45) is 10.9 Å². The SMILES string of the molecule is CCC(C)C(CSC(C)=O)=NC(=O)OC(C)(C)C.